The van der Waals surface area contributed by atoms with Crippen LogP contribution in [-0.4, -0.2) is 5.75 Å². The molecule has 0 saturated carbocycles. The van der Waals surface area contributed by atoms with Gasteiger partial charge in [0.15, 0.2) is 0 Å². The Morgan fingerprint density at radius 3 is 2.50 bits per heavy atom. The zero-order valence-corrected chi connectivity index (χ0v) is 11.7. The fourth-order valence-corrected chi connectivity index (χ4v) is 3.05. The van der Waals surface area contributed by atoms with Crippen molar-refractivity contribution in [2.45, 2.75) is 17.7 Å². The van der Waals surface area contributed by atoms with Crippen LogP contribution in [0.1, 0.15) is 12.0 Å². The average molecular weight is 278 g/mol. The maximum atomic E-state index is 6.12. The molecule has 2 aromatic carbocycles. The second-order valence-corrected chi connectivity index (χ2v) is 5.61. The lowest BCUT2D eigenvalue weighted by Crippen LogP contribution is -1.91. The number of halogens is 1. The van der Waals surface area contributed by atoms with Crippen LogP contribution in [0.15, 0.2) is 53.4 Å². The fourth-order valence-electron chi connectivity index (χ4n) is 1.77. The van der Waals surface area contributed by atoms with Crippen molar-refractivity contribution < 1.29 is 0 Å². The molecule has 94 valence electrons. The number of benzene rings is 2. The Hall–Kier alpha value is -1.12. The highest BCUT2D eigenvalue weighted by Gasteiger charge is 2.04. The van der Waals surface area contributed by atoms with E-state index in [4.69, 9.17) is 17.3 Å². The SMILES string of the molecule is Nc1cccc(Cl)c1SCCCc1ccccc1. The number of thioether (sulfide) groups is 1. The fraction of sp³-hybridized carbons (Fsp3) is 0.200. The molecular weight excluding hydrogens is 262 g/mol. The van der Waals surface area contributed by atoms with Crippen molar-refractivity contribution in [1.29, 1.82) is 0 Å². The van der Waals surface area contributed by atoms with Gasteiger partial charge < -0.3 is 5.73 Å². The number of anilines is 1. The number of aryl methyl sites for hydroxylation is 1. The third-order valence-corrected chi connectivity index (χ3v) is 4.36. The molecular formula is C15H16ClNS. The van der Waals surface area contributed by atoms with E-state index in [2.05, 4.69) is 24.3 Å². The minimum atomic E-state index is 0.750. The first kappa shape index (κ1) is 13.3. The van der Waals surface area contributed by atoms with E-state index in [-0.39, 0.29) is 0 Å². The quantitative estimate of drug-likeness (QED) is 0.489. The summed E-state index contributed by atoms with van der Waals surface area (Å²) in [7, 11) is 0. The van der Waals surface area contributed by atoms with Gasteiger partial charge in [0, 0.05) is 10.6 Å². The smallest absolute Gasteiger partial charge is 0.0562 e. The van der Waals surface area contributed by atoms with E-state index in [0.717, 1.165) is 34.2 Å². The predicted octanol–water partition coefficient (Wildman–Crippen LogP) is 4.65. The van der Waals surface area contributed by atoms with Gasteiger partial charge in [0.05, 0.1) is 5.02 Å². The van der Waals surface area contributed by atoms with Crippen molar-refractivity contribution in [1.82, 2.24) is 0 Å². The van der Waals surface area contributed by atoms with Crippen LogP contribution in [0, 0.1) is 0 Å². The zero-order valence-electron chi connectivity index (χ0n) is 10.1. The molecule has 0 aromatic heterocycles. The van der Waals surface area contributed by atoms with Crippen molar-refractivity contribution in [3.63, 3.8) is 0 Å². The lowest BCUT2D eigenvalue weighted by Gasteiger charge is -2.07. The highest BCUT2D eigenvalue weighted by molar-refractivity contribution is 7.99. The second-order valence-electron chi connectivity index (χ2n) is 4.10. The Balaban J connectivity index is 1.82. The number of hydrogen-bond donors (Lipinski definition) is 1. The monoisotopic (exact) mass is 277 g/mol. The van der Waals surface area contributed by atoms with Crippen molar-refractivity contribution in [3.8, 4) is 0 Å². The molecule has 1 nitrogen and oxygen atoms in total. The Labute approximate surface area is 117 Å². The van der Waals surface area contributed by atoms with Gasteiger partial charge in [-0.2, -0.15) is 0 Å². The van der Waals surface area contributed by atoms with Gasteiger partial charge in [-0.25, -0.2) is 0 Å². The van der Waals surface area contributed by atoms with Crippen LogP contribution >= 0.6 is 23.4 Å². The molecule has 0 atom stereocenters. The van der Waals surface area contributed by atoms with Gasteiger partial charge in [0.2, 0.25) is 0 Å². The Bertz CT molecular complexity index is 479. The van der Waals surface area contributed by atoms with E-state index >= 15 is 0 Å². The lowest BCUT2D eigenvalue weighted by atomic mass is 10.1. The molecule has 0 aliphatic carbocycles. The molecule has 0 fully saturated rings. The van der Waals surface area contributed by atoms with Crippen LogP contribution in [0.4, 0.5) is 5.69 Å². The third kappa shape index (κ3) is 3.69. The van der Waals surface area contributed by atoms with E-state index < -0.39 is 0 Å². The molecule has 0 radical (unpaired) electrons. The first-order valence-corrected chi connectivity index (χ1v) is 7.34. The molecule has 0 spiro atoms. The van der Waals surface area contributed by atoms with Crippen LogP contribution in [0.3, 0.4) is 0 Å². The molecule has 0 saturated heterocycles. The van der Waals surface area contributed by atoms with Crippen LogP contribution in [0.25, 0.3) is 0 Å². The van der Waals surface area contributed by atoms with Gasteiger partial charge in [0.25, 0.3) is 0 Å². The summed E-state index contributed by atoms with van der Waals surface area (Å²) in [6.45, 7) is 0. The van der Waals surface area contributed by atoms with Crippen molar-refractivity contribution >= 4 is 29.1 Å². The first-order valence-electron chi connectivity index (χ1n) is 5.98. The van der Waals surface area contributed by atoms with E-state index in [9.17, 15) is 0 Å². The molecule has 0 bridgehead atoms. The molecule has 0 aliphatic heterocycles. The van der Waals surface area contributed by atoms with E-state index in [0.29, 0.717) is 0 Å². The standard InChI is InChI=1S/C15H16ClNS/c16-13-9-4-10-14(17)15(13)18-11-5-8-12-6-2-1-3-7-12/h1-4,6-7,9-10H,5,8,11,17H2. The van der Waals surface area contributed by atoms with Gasteiger partial charge in [-0.3, -0.25) is 0 Å². The number of rotatable bonds is 5. The van der Waals surface area contributed by atoms with Crippen LogP contribution < -0.4 is 5.73 Å². The summed E-state index contributed by atoms with van der Waals surface area (Å²) < 4.78 is 0. The predicted molar refractivity (Wildman–Crippen MR) is 81.4 cm³/mol. The van der Waals surface area contributed by atoms with Crippen molar-refractivity contribution in [2.24, 2.45) is 0 Å². The summed E-state index contributed by atoms with van der Waals surface area (Å²) in [6.07, 6.45) is 2.22. The molecule has 2 N–H and O–H groups in total. The van der Waals surface area contributed by atoms with Gasteiger partial charge >= 0.3 is 0 Å². The molecule has 0 aliphatic rings. The van der Waals surface area contributed by atoms with Gasteiger partial charge in [0.1, 0.15) is 0 Å². The van der Waals surface area contributed by atoms with Crippen LogP contribution in [0.2, 0.25) is 5.02 Å². The normalized spacial score (nSPS) is 10.5. The van der Waals surface area contributed by atoms with Gasteiger partial charge in [-0.15, -0.1) is 11.8 Å². The maximum absolute atomic E-state index is 6.12. The summed E-state index contributed by atoms with van der Waals surface area (Å²) in [5.74, 6) is 1.03. The topological polar surface area (TPSA) is 26.0 Å². The highest BCUT2D eigenvalue weighted by atomic mass is 35.5. The second kappa shape index (κ2) is 6.72. The third-order valence-electron chi connectivity index (χ3n) is 2.70. The minimum absolute atomic E-state index is 0.750. The molecule has 0 amide bonds. The highest BCUT2D eigenvalue weighted by Crippen LogP contribution is 2.32. The van der Waals surface area contributed by atoms with Crippen molar-refractivity contribution in [3.05, 3.63) is 59.1 Å². The largest absolute Gasteiger partial charge is 0.398 e. The molecule has 2 aromatic rings. The molecule has 18 heavy (non-hydrogen) atoms. The minimum Gasteiger partial charge on any atom is -0.398 e. The molecule has 0 heterocycles. The number of nitrogens with two attached hydrogens (primary N) is 1. The molecule has 0 unspecified atom stereocenters. The summed E-state index contributed by atoms with van der Waals surface area (Å²) in [4.78, 5) is 1.01. The van der Waals surface area contributed by atoms with E-state index in [1.165, 1.54) is 5.56 Å². The summed E-state index contributed by atoms with van der Waals surface area (Å²) in [5.41, 5.74) is 8.06. The van der Waals surface area contributed by atoms with Gasteiger partial charge in [-0.05, 0) is 36.3 Å². The molecule has 2 rings (SSSR count). The van der Waals surface area contributed by atoms with Crippen LogP contribution in [-0.2, 0) is 6.42 Å². The zero-order chi connectivity index (χ0) is 12.8. The summed E-state index contributed by atoms with van der Waals surface area (Å²) in [5, 5.41) is 0.750. The van der Waals surface area contributed by atoms with E-state index in [1.54, 1.807) is 11.8 Å². The number of nitrogen functional groups attached to an aromatic ring is 1. The number of hydrogen-bond acceptors (Lipinski definition) is 2. The summed E-state index contributed by atoms with van der Waals surface area (Å²) in [6, 6.07) is 16.2. The average Bonchev–Trinajstić information content (AvgIpc) is 2.38. The Morgan fingerprint density at radius 1 is 1.00 bits per heavy atom. The summed E-state index contributed by atoms with van der Waals surface area (Å²) >= 11 is 7.86. The lowest BCUT2D eigenvalue weighted by molar-refractivity contribution is 0.933. The van der Waals surface area contributed by atoms with Crippen LogP contribution in [0.5, 0.6) is 0 Å². The molecule has 3 heteroatoms. The Kier molecular flexibility index (Phi) is 4.97. The maximum Gasteiger partial charge on any atom is 0.0562 e. The van der Waals surface area contributed by atoms with Crippen molar-refractivity contribution in [2.75, 3.05) is 11.5 Å². The Morgan fingerprint density at radius 2 is 1.78 bits per heavy atom. The van der Waals surface area contributed by atoms with Gasteiger partial charge in [-0.1, -0.05) is 48.0 Å². The first-order chi connectivity index (χ1) is 8.77. The van der Waals surface area contributed by atoms with E-state index in [1.807, 2.05) is 24.3 Å².